The highest BCUT2D eigenvalue weighted by Gasteiger charge is 2.03. The molecule has 2 aromatic rings. The standard InChI is InChI=1S/C14H13Br2N/c1-9-3-5-13(11(15)7-9)17-14-6-4-10(2)8-12(14)16/h3-8,17H,1-2H3. The highest BCUT2D eigenvalue weighted by atomic mass is 79.9. The molecule has 2 rings (SSSR count). The molecule has 0 heterocycles. The van der Waals surface area contributed by atoms with Crippen LogP contribution in [0.25, 0.3) is 0 Å². The smallest absolute Gasteiger partial charge is 0.0529 e. The molecule has 0 saturated heterocycles. The number of hydrogen-bond acceptors (Lipinski definition) is 1. The molecule has 88 valence electrons. The van der Waals surface area contributed by atoms with Gasteiger partial charge in [0.1, 0.15) is 0 Å². The summed E-state index contributed by atoms with van der Waals surface area (Å²) < 4.78 is 2.15. The summed E-state index contributed by atoms with van der Waals surface area (Å²) in [5, 5.41) is 3.40. The average molecular weight is 355 g/mol. The second-order valence-corrected chi connectivity index (χ2v) is 5.80. The zero-order valence-corrected chi connectivity index (χ0v) is 12.9. The first-order chi connectivity index (χ1) is 8.06. The lowest BCUT2D eigenvalue weighted by Gasteiger charge is -2.11. The molecule has 0 unspecified atom stereocenters. The maximum atomic E-state index is 3.57. The number of benzene rings is 2. The third-order valence-electron chi connectivity index (χ3n) is 2.52. The molecular weight excluding hydrogens is 342 g/mol. The van der Waals surface area contributed by atoms with Crippen molar-refractivity contribution in [2.24, 2.45) is 0 Å². The summed E-state index contributed by atoms with van der Waals surface area (Å²) in [5.74, 6) is 0. The summed E-state index contributed by atoms with van der Waals surface area (Å²) in [7, 11) is 0. The van der Waals surface area contributed by atoms with Gasteiger partial charge in [0.25, 0.3) is 0 Å². The molecule has 0 saturated carbocycles. The van der Waals surface area contributed by atoms with Gasteiger partial charge in [0.05, 0.1) is 11.4 Å². The van der Waals surface area contributed by atoms with Crippen molar-refractivity contribution in [3.63, 3.8) is 0 Å². The van der Waals surface area contributed by atoms with E-state index in [0.717, 1.165) is 20.3 Å². The first-order valence-electron chi connectivity index (χ1n) is 5.35. The Kier molecular flexibility index (Phi) is 3.89. The Balaban J connectivity index is 2.31. The Morgan fingerprint density at radius 3 is 1.53 bits per heavy atom. The van der Waals surface area contributed by atoms with Gasteiger partial charge in [-0.2, -0.15) is 0 Å². The van der Waals surface area contributed by atoms with E-state index in [0.29, 0.717) is 0 Å². The fourth-order valence-electron chi connectivity index (χ4n) is 1.59. The van der Waals surface area contributed by atoms with E-state index in [2.05, 4.69) is 87.4 Å². The minimum Gasteiger partial charge on any atom is -0.354 e. The molecule has 0 aromatic heterocycles. The van der Waals surface area contributed by atoms with Crippen LogP contribution in [0.5, 0.6) is 0 Å². The van der Waals surface area contributed by atoms with Gasteiger partial charge in [0, 0.05) is 8.95 Å². The first kappa shape index (κ1) is 12.7. The molecule has 17 heavy (non-hydrogen) atoms. The Labute approximate surface area is 119 Å². The molecule has 1 N–H and O–H groups in total. The number of rotatable bonds is 2. The topological polar surface area (TPSA) is 12.0 Å². The zero-order chi connectivity index (χ0) is 12.4. The van der Waals surface area contributed by atoms with Crippen LogP contribution in [0.2, 0.25) is 0 Å². The van der Waals surface area contributed by atoms with Crippen LogP contribution in [-0.4, -0.2) is 0 Å². The van der Waals surface area contributed by atoms with Gasteiger partial charge in [-0.15, -0.1) is 0 Å². The van der Waals surface area contributed by atoms with Gasteiger partial charge < -0.3 is 5.32 Å². The van der Waals surface area contributed by atoms with E-state index in [1.807, 2.05) is 0 Å². The van der Waals surface area contributed by atoms with E-state index in [9.17, 15) is 0 Å². The van der Waals surface area contributed by atoms with E-state index in [1.54, 1.807) is 0 Å². The minimum atomic E-state index is 1.07. The molecule has 0 spiro atoms. The molecule has 0 aliphatic heterocycles. The van der Waals surface area contributed by atoms with Crippen LogP contribution in [-0.2, 0) is 0 Å². The number of aryl methyl sites for hydroxylation is 2. The molecule has 0 amide bonds. The van der Waals surface area contributed by atoms with Gasteiger partial charge in [0.15, 0.2) is 0 Å². The minimum absolute atomic E-state index is 1.07. The molecule has 0 fully saturated rings. The third kappa shape index (κ3) is 3.11. The van der Waals surface area contributed by atoms with Crippen molar-refractivity contribution in [1.82, 2.24) is 0 Å². The van der Waals surface area contributed by atoms with Crippen molar-refractivity contribution in [3.8, 4) is 0 Å². The molecule has 2 aromatic carbocycles. The average Bonchev–Trinajstić information content (AvgIpc) is 2.25. The number of nitrogens with one attached hydrogen (secondary N) is 1. The molecule has 1 nitrogen and oxygen atoms in total. The summed E-state index contributed by atoms with van der Waals surface area (Å²) >= 11 is 7.13. The number of hydrogen-bond donors (Lipinski definition) is 1. The Bertz CT molecular complexity index is 500. The summed E-state index contributed by atoms with van der Waals surface area (Å²) in [6, 6.07) is 12.5. The van der Waals surface area contributed by atoms with Gasteiger partial charge in [-0.25, -0.2) is 0 Å². The lowest BCUT2D eigenvalue weighted by atomic mass is 10.2. The van der Waals surface area contributed by atoms with Crippen LogP contribution in [0.3, 0.4) is 0 Å². The van der Waals surface area contributed by atoms with Crippen LogP contribution in [0.15, 0.2) is 45.3 Å². The van der Waals surface area contributed by atoms with Gasteiger partial charge in [0.2, 0.25) is 0 Å². The Hall–Kier alpha value is -0.800. The molecular formula is C14H13Br2N. The molecule has 0 aliphatic carbocycles. The molecule has 0 bridgehead atoms. The number of anilines is 2. The fourth-order valence-corrected chi connectivity index (χ4v) is 2.77. The van der Waals surface area contributed by atoms with Crippen molar-refractivity contribution < 1.29 is 0 Å². The van der Waals surface area contributed by atoms with Crippen LogP contribution in [0.1, 0.15) is 11.1 Å². The zero-order valence-electron chi connectivity index (χ0n) is 9.72. The first-order valence-corrected chi connectivity index (χ1v) is 6.94. The van der Waals surface area contributed by atoms with Gasteiger partial charge in [-0.1, -0.05) is 12.1 Å². The lowest BCUT2D eigenvalue weighted by Crippen LogP contribution is -1.93. The van der Waals surface area contributed by atoms with E-state index < -0.39 is 0 Å². The summed E-state index contributed by atoms with van der Waals surface area (Å²) in [4.78, 5) is 0. The maximum absolute atomic E-state index is 3.57. The third-order valence-corrected chi connectivity index (χ3v) is 3.83. The summed E-state index contributed by atoms with van der Waals surface area (Å²) in [5.41, 5.74) is 4.62. The quantitative estimate of drug-likeness (QED) is 0.743. The number of halogens is 2. The van der Waals surface area contributed by atoms with Crippen molar-refractivity contribution in [1.29, 1.82) is 0 Å². The van der Waals surface area contributed by atoms with E-state index in [1.165, 1.54) is 11.1 Å². The predicted octanol–water partition coefficient (Wildman–Crippen LogP) is 5.57. The van der Waals surface area contributed by atoms with Gasteiger partial charge >= 0.3 is 0 Å². The molecule has 0 aliphatic rings. The van der Waals surface area contributed by atoms with E-state index in [-0.39, 0.29) is 0 Å². The second-order valence-electron chi connectivity index (χ2n) is 4.09. The van der Waals surface area contributed by atoms with Crippen LogP contribution in [0, 0.1) is 13.8 Å². The SMILES string of the molecule is Cc1ccc(Nc2ccc(C)cc2Br)c(Br)c1. The van der Waals surface area contributed by atoms with Crippen LogP contribution in [0.4, 0.5) is 11.4 Å². The molecule has 0 radical (unpaired) electrons. The second kappa shape index (κ2) is 5.23. The van der Waals surface area contributed by atoms with Gasteiger partial charge in [-0.05, 0) is 81.1 Å². The van der Waals surface area contributed by atoms with Crippen molar-refractivity contribution >= 4 is 43.2 Å². The van der Waals surface area contributed by atoms with E-state index >= 15 is 0 Å². The Morgan fingerprint density at radius 1 is 0.765 bits per heavy atom. The van der Waals surface area contributed by atoms with Crippen LogP contribution >= 0.6 is 31.9 Å². The molecule has 3 heteroatoms. The van der Waals surface area contributed by atoms with Gasteiger partial charge in [-0.3, -0.25) is 0 Å². The largest absolute Gasteiger partial charge is 0.354 e. The summed E-state index contributed by atoms with van der Waals surface area (Å²) in [6.07, 6.45) is 0. The Morgan fingerprint density at radius 2 is 1.18 bits per heavy atom. The predicted molar refractivity (Wildman–Crippen MR) is 81.0 cm³/mol. The van der Waals surface area contributed by atoms with Crippen molar-refractivity contribution in [2.75, 3.05) is 5.32 Å². The van der Waals surface area contributed by atoms with Crippen LogP contribution < -0.4 is 5.32 Å². The maximum Gasteiger partial charge on any atom is 0.0529 e. The normalized spacial score (nSPS) is 10.4. The highest BCUT2D eigenvalue weighted by Crippen LogP contribution is 2.31. The monoisotopic (exact) mass is 353 g/mol. The van der Waals surface area contributed by atoms with Crippen molar-refractivity contribution in [3.05, 3.63) is 56.5 Å². The van der Waals surface area contributed by atoms with E-state index in [4.69, 9.17) is 0 Å². The fraction of sp³-hybridized carbons (Fsp3) is 0.143. The lowest BCUT2D eigenvalue weighted by molar-refractivity contribution is 1.40. The van der Waals surface area contributed by atoms with Crippen molar-refractivity contribution in [2.45, 2.75) is 13.8 Å². The summed E-state index contributed by atoms with van der Waals surface area (Å²) in [6.45, 7) is 4.16. The molecule has 0 atom stereocenters. The highest BCUT2D eigenvalue weighted by molar-refractivity contribution is 9.11.